The van der Waals surface area contributed by atoms with Gasteiger partial charge in [0.2, 0.25) is 0 Å². The van der Waals surface area contributed by atoms with Crippen molar-refractivity contribution in [2.24, 2.45) is 0 Å². The molecule has 5 heteroatoms. The highest BCUT2D eigenvalue weighted by Crippen LogP contribution is 2.24. The Morgan fingerprint density at radius 3 is 2.50 bits per heavy atom. The van der Waals surface area contributed by atoms with E-state index < -0.39 is 0 Å². The fourth-order valence-corrected chi connectivity index (χ4v) is 2.72. The highest BCUT2D eigenvalue weighted by molar-refractivity contribution is 6.42. The standard InChI is InChI=1S/C15H18Cl2O3/c1-9-5-12(6-10(2)20-9)19-8-15(18)11-3-4-13(16)14(17)7-11/h3-4,7,9-10,12H,5-6,8H2,1-2H3. The van der Waals surface area contributed by atoms with Gasteiger partial charge in [0.15, 0.2) is 5.78 Å². The number of halogens is 2. The Kier molecular flexibility index (Phi) is 5.44. The molecule has 1 saturated heterocycles. The minimum absolute atomic E-state index is 0.0576. The Bertz CT molecular complexity index is 480. The molecule has 2 rings (SSSR count). The second-order valence-corrected chi connectivity index (χ2v) is 6.03. The summed E-state index contributed by atoms with van der Waals surface area (Å²) in [5.74, 6) is -0.0876. The van der Waals surface area contributed by atoms with E-state index >= 15 is 0 Å². The van der Waals surface area contributed by atoms with E-state index in [2.05, 4.69) is 0 Å². The Morgan fingerprint density at radius 2 is 1.90 bits per heavy atom. The van der Waals surface area contributed by atoms with Crippen LogP contribution in [0.1, 0.15) is 37.0 Å². The average molecular weight is 317 g/mol. The van der Waals surface area contributed by atoms with Gasteiger partial charge in [-0.15, -0.1) is 0 Å². The van der Waals surface area contributed by atoms with Crippen LogP contribution in [0.15, 0.2) is 18.2 Å². The number of hydrogen-bond acceptors (Lipinski definition) is 3. The maximum absolute atomic E-state index is 12.1. The van der Waals surface area contributed by atoms with Crippen LogP contribution in [-0.4, -0.2) is 30.7 Å². The number of ketones is 1. The van der Waals surface area contributed by atoms with Crippen LogP contribution in [0.25, 0.3) is 0 Å². The SMILES string of the molecule is CC1CC(OCC(=O)c2ccc(Cl)c(Cl)c2)CC(C)O1. The largest absolute Gasteiger partial charge is 0.375 e. The van der Waals surface area contributed by atoms with Crippen LogP contribution < -0.4 is 0 Å². The minimum Gasteiger partial charge on any atom is -0.375 e. The van der Waals surface area contributed by atoms with Crippen molar-refractivity contribution in [3.8, 4) is 0 Å². The summed E-state index contributed by atoms with van der Waals surface area (Å²) in [5, 5.41) is 0.821. The van der Waals surface area contributed by atoms with E-state index in [0.29, 0.717) is 15.6 Å². The van der Waals surface area contributed by atoms with Gasteiger partial charge in [0.1, 0.15) is 6.61 Å². The zero-order valence-electron chi connectivity index (χ0n) is 11.6. The molecule has 0 bridgehead atoms. The second kappa shape index (κ2) is 6.90. The van der Waals surface area contributed by atoms with Crippen molar-refractivity contribution in [1.82, 2.24) is 0 Å². The number of Topliss-reactive ketones (excluding diaryl/α,β-unsaturated/α-hetero) is 1. The molecule has 1 aromatic rings. The van der Waals surface area contributed by atoms with Crippen molar-refractivity contribution in [2.45, 2.75) is 45.0 Å². The van der Waals surface area contributed by atoms with E-state index in [0.717, 1.165) is 12.8 Å². The smallest absolute Gasteiger partial charge is 0.188 e. The Balaban J connectivity index is 1.90. The molecule has 1 aromatic carbocycles. The molecule has 1 aliphatic heterocycles. The fourth-order valence-electron chi connectivity index (χ4n) is 2.43. The topological polar surface area (TPSA) is 35.5 Å². The highest BCUT2D eigenvalue weighted by Gasteiger charge is 2.25. The highest BCUT2D eigenvalue weighted by atomic mass is 35.5. The number of rotatable bonds is 4. The van der Waals surface area contributed by atoms with Crippen molar-refractivity contribution < 1.29 is 14.3 Å². The lowest BCUT2D eigenvalue weighted by Crippen LogP contribution is -2.35. The first-order valence-electron chi connectivity index (χ1n) is 6.71. The molecule has 20 heavy (non-hydrogen) atoms. The van der Waals surface area contributed by atoms with E-state index in [4.69, 9.17) is 32.7 Å². The molecule has 2 atom stereocenters. The molecule has 0 amide bonds. The van der Waals surface area contributed by atoms with Gasteiger partial charge in [-0.2, -0.15) is 0 Å². The van der Waals surface area contributed by atoms with Crippen LogP contribution in [0.2, 0.25) is 10.0 Å². The number of ether oxygens (including phenoxy) is 2. The Hall–Kier alpha value is -0.610. The quantitative estimate of drug-likeness (QED) is 0.783. The normalized spacial score (nSPS) is 26.5. The summed E-state index contributed by atoms with van der Waals surface area (Å²) in [5.41, 5.74) is 0.521. The molecule has 110 valence electrons. The Morgan fingerprint density at radius 1 is 1.25 bits per heavy atom. The van der Waals surface area contributed by atoms with Crippen LogP contribution in [0.3, 0.4) is 0 Å². The van der Waals surface area contributed by atoms with Crippen molar-refractivity contribution >= 4 is 29.0 Å². The van der Waals surface area contributed by atoms with Crippen molar-refractivity contribution in [3.05, 3.63) is 33.8 Å². The molecule has 0 spiro atoms. The predicted octanol–water partition coefficient (Wildman–Crippen LogP) is 4.15. The van der Waals surface area contributed by atoms with Gasteiger partial charge < -0.3 is 9.47 Å². The lowest BCUT2D eigenvalue weighted by Gasteiger charge is -2.31. The second-order valence-electron chi connectivity index (χ2n) is 5.21. The van der Waals surface area contributed by atoms with E-state index in [1.54, 1.807) is 18.2 Å². The first-order valence-corrected chi connectivity index (χ1v) is 7.46. The summed E-state index contributed by atoms with van der Waals surface area (Å²) in [6.07, 6.45) is 2.05. The van der Waals surface area contributed by atoms with Gasteiger partial charge in [-0.1, -0.05) is 23.2 Å². The van der Waals surface area contributed by atoms with Crippen LogP contribution in [0, 0.1) is 0 Å². The first kappa shape index (κ1) is 15.8. The van der Waals surface area contributed by atoms with Gasteiger partial charge in [0.25, 0.3) is 0 Å². The van der Waals surface area contributed by atoms with E-state index in [9.17, 15) is 4.79 Å². The monoisotopic (exact) mass is 316 g/mol. The third-order valence-electron chi connectivity index (χ3n) is 3.35. The minimum atomic E-state index is -0.0876. The third kappa shape index (κ3) is 4.19. The van der Waals surface area contributed by atoms with Gasteiger partial charge in [-0.25, -0.2) is 0 Å². The lowest BCUT2D eigenvalue weighted by atomic mass is 10.0. The molecule has 0 N–H and O–H groups in total. The van der Waals surface area contributed by atoms with E-state index in [1.807, 2.05) is 13.8 Å². The van der Waals surface area contributed by atoms with Gasteiger partial charge in [-0.05, 0) is 44.9 Å². The van der Waals surface area contributed by atoms with Crippen molar-refractivity contribution in [2.75, 3.05) is 6.61 Å². The number of hydrogen-bond donors (Lipinski definition) is 0. The Labute approximate surface area is 129 Å². The van der Waals surface area contributed by atoms with Crippen LogP contribution in [0.5, 0.6) is 0 Å². The van der Waals surface area contributed by atoms with Crippen LogP contribution in [0.4, 0.5) is 0 Å². The number of benzene rings is 1. The summed E-state index contributed by atoms with van der Waals surface area (Å²) in [4.78, 5) is 12.1. The first-order chi connectivity index (χ1) is 9.45. The number of carbonyl (C=O) groups excluding carboxylic acids is 1. The van der Waals surface area contributed by atoms with Gasteiger partial charge in [0.05, 0.1) is 28.4 Å². The maximum atomic E-state index is 12.1. The molecule has 1 aliphatic rings. The van der Waals surface area contributed by atoms with E-state index in [-0.39, 0.29) is 30.7 Å². The van der Waals surface area contributed by atoms with Crippen molar-refractivity contribution in [1.29, 1.82) is 0 Å². The summed E-state index contributed by atoms with van der Waals surface area (Å²) in [6, 6.07) is 4.86. The molecule has 3 nitrogen and oxygen atoms in total. The summed E-state index contributed by atoms with van der Waals surface area (Å²) in [7, 11) is 0. The summed E-state index contributed by atoms with van der Waals surface area (Å²) in [6.45, 7) is 4.10. The van der Waals surface area contributed by atoms with Gasteiger partial charge in [-0.3, -0.25) is 4.79 Å². The molecular weight excluding hydrogens is 299 g/mol. The molecular formula is C15H18Cl2O3. The van der Waals surface area contributed by atoms with Crippen molar-refractivity contribution in [3.63, 3.8) is 0 Å². The summed E-state index contributed by atoms with van der Waals surface area (Å²) < 4.78 is 11.3. The molecule has 1 heterocycles. The fraction of sp³-hybridized carbons (Fsp3) is 0.533. The van der Waals surface area contributed by atoms with Crippen LogP contribution >= 0.6 is 23.2 Å². The third-order valence-corrected chi connectivity index (χ3v) is 4.08. The van der Waals surface area contributed by atoms with Gasteiger partial charge in [0, 0.05) is 5.56 Å². The molecule has 0 radical (unpaired) electrons. The average Bonchev–Trinajstić information content (AvgIpc) is 2.38. The van der Waals surface area contributed by atoms with Crippen LogP contribution in [-0.2, 0) is 9.47 Å². The molecule has 0 aromatic heterocycles. The predicted molar refractivity (Wildman–Crippen MR) is 79.8 cm³/mol. The zero-order valence-corrected chi connectivity index (χ0v) is 13.1. The van der Waals surface area contributed by atoms with Gasteiger partial charge >= 0.3 is 0 Å². The van der Waals surface area contributed by atoms with E-state index in [1.165, 1.54) is 0 Å². The molecule has 2 unspecified atom stereocenters. The maximum Gasteiger partial charge on any atom is 0.188 e. The number of carbonyl (C=O) groups is 1. The molecule has 1 fully saturated rings. The molecule has 0 aliphatic carbocycles. The summed E-state index contributed by atoms with van der Waals surface area (Å²) >= 11 is 11.7. The zero-order chi connectivity index (χ0) is 14.7. The lowest BCUT2D eigenvalue weighted by molar-refractivity contribution is -0.0975. The molecule has 0 saturated carbocycles.